The molecule has 1 unspecified atom stereocenters. The van der Waals surface area contributed by atoms with E-state index in [4.69, 9.17) is 4.74 Å². The maximum Gasteiger partial charge on any atom is 0.277 e. The quantitative estimate of drug-likeness (QED) is 0.234. The third-order valence-electron chi connectivity index (χ3n) is 7.89. The summed E-state index contributed by atoms with van der Waals surface area (Å²) in [4.78, 5) is 34.1. The van der Waals surface area contributed by atoms with Gasteiger partial charge in [0, 0.05) is 35.0 Å². The zero-order chi connectivity index (χ0) is 31.2. The van der Waals surface area contributed by atoms with Crippen molar-refractivity contribution in [3.05, 3.63) is 124 Å². The van der Waals surface area contributed by atoms with Crippen molar-refractivity contribution in [1.29, 1.82) is 0 Å². The lowest BCUT2D eigenvalue weighted by molar-refractivity contribution is -0.118. The third kappa shape index (κ3) is 5.53. The molecule has 7 nitrogen and oxygen atoms in total. The zero-order valence-electron chi connectivity index (χ0n) is 24.5. The van der Waals surface area contributed by atoms with Crippen molar-refractivity contribution in [3.63, 3.8) is 0 Å². The molecule has 0 spiro atoms. The van der Waals surface area contributed by atoms with Crippen LogP contribution in [0.2, 0.25) is 0 Å². The van der Waals surface area contributed by atoms with Crippen LogP contribution in [-0.4, -0.2) is 21.8 Å². The highest BCUT2D eigenvalue weighted by molar-refractivity contribution is 6.11. The maximum atomic E-state index is 16.3. The van der Waals surface area contributed by atoms with Gasteiger partial charge in [0.2, 0.25) is 0 Å². The number of benzene rings is 3. The Morgan fingerprint density at radius 1 is 1.05 bits per heavy atom. The van der Waals surface area contributed by atoms with E-state index in [2.05, 4.69) is 10.3 Å². The first-order valence-corrected chi connectivity index (χ1v) is 14.3. The number of hydrogen-bond acceptors (Lipinski definition) is 6. The summed E-state index contributed by atoms with van der Waals surface area (Å²) in [5, 5.41) is 14.2. The Morgan fingerprint density at radius 2 is 1.82 bits per heavy atom. The summed E-state index contributed by atoms with van der Waals surface area (Å²) in [6, 6.07) is 18.7. The van der Waals surface area contributed by atoms with Crippen molar-refractivity contribution < 1.29 is 28.2 Å². The minimum atomic E-state index is -1.18. The molecule has 0 saturated carbocycles. The molecular weight excluding hydrogens is 564 g/mol. The minimum Gasteiger partial charge on any atom is -0.506 e. The van der Waals surface area contributed by atoms with Crippen LogP contribution in [0.15, 0.2) is 90.1 Å². The van der Waals surface area contributed by atoms with Gasteiger partial charge in [0.05, 0.1) is 11.7 Å². The fourth-order valence-electron chi connectivity index (χ4n) is 5.96. The van der Waals surface area contributed by atoms with E-state index in [1.54, 1.807) is 55.5 Å². The first-order valence-electron chi connectivity index (χ1n) is 14.3. The van der Waals surface area contributed by atoms with Crippen LogP contribution in [0, 0.1) is 24.0 Å². The molecule has 1 aliphatic carbocycles. The van der Waals surface area contributed by atoms with Crippen LogP contribution in [0.1, 0.15) is 60.0 Å². The van der Waals surface area contributed by atoms with E-state index in [0.29, 0.717) is 23.4 Å². The Morgan fingerprint density at radius 3 is 2.57 bits per heavy atom. The molecule has 0 radical (unpaired) electrons. The predicted molar refractivity (Wildman–Crippen MR) is 162 cm³/mol. The molecule has 2 N–H and O–H groups in total. The van der Waals surface area contributed by atoms with Crippen molar-refractivity contribution in [1.82, 2.24) is 4.98 Å². The number of fused-ring (bicyclic) bond motifs is 1. The molecule has 0 fully saturated rings. The number of rotatable bonds is 5. The first kappa shape index (κ1) is 29.0. The molecule has 224 valence electrons. The number of halogens is 2. The number of para-hydroxylation sites is 1. The van der Waals surface area contributed by atoms with Crippen molar-refractivity contribution >= 4 is 23.1 Å². The van der Waals surface area contributed by atoms with E-state index in [0.717, 1.165) is 0 Å². The fraction of sp³-hybridized carbons (Fsp3) is 0.229. The standard InChI is InChI=1S/C35H31F2N3O4/c1-20-7-4-10-26(38-20)34(43)40-28-11-6-12-29(41)32(28)39-27-17-35(2,3)18-30(42)31(27)33(40)24-14-13-23(16-25(24)37)44-19-21-8-5-9-22(36)15-21/h4-16,33,39,41H,17-19H2,1-3H3. The number of ketones is 1. The van der Waals surface area contributed by atoms with Crippen LogP contribution in [0.4, 0.5) is 20.2 Å². The van der Waals surface area contributed by atoms with Gasteiger partial charge in [-0.1, -0.05) is 38.1 Å². The first-order chi connectivity index (χ1) is 21.0. The number of phenols is 1. The molecule has 2 heterocycles. The predicted octanol–water partition coefficient (Wildman–Crippen LogP) is 7.41. The van der Waals surface area contributed by atoms with Crippen molar-refractivity contribution in [2.75, 3.05) is 10.2 Å². The highest BCUT2D eigenvalue weighted by Gasteiger charge is 2.45. The van der Waals surface area contributed by atoms with Crippen LogP contribution >= 0.6 is 0 Å². The molecule has 1 amide bonds. The van der Waals surface area contributed by atoms with Crippen LogP contribution in [0.3, 0.4) is 0 Å². The largest absolute Gasteiger partial charge is 0.506 e. The number of carbonyl (C=O) groups excluding carboxylic acids is 2. The van der Waals surface area contributed by atoms with Crippen LogP contribution in [-0.2, 0) is 11.4 Å². The van der Waals surface area contributed by atoms with Gasteiger partial charge in [0.25, 0.3) is 5.91 Å². The smallest absolute Gasteiger partial charge is 0.277 e. The maximum absolute atomic E-state index is 16.3. The molecule has 44 heavy (non-hydrogen) atoms. The monoisotopic (exact) mass is 595 g/mol. The molecule has 2 aliphatic rings. The second-order valence-corrected chi connectivity index (χ2v) is 12.0. The number of aryl methyl sites for hydroxylation is 1. The SMILES string of the molecule is Cc1cccc(C(=O)N2c3cccc(O)c3NC3=C(C(=O)CC(C)(C)C3)C2c2ccc(OCc3cccc(F)c3)cc2F)n1. The lowest BCUT2D eigenvalue weighted by Gasteiger charge is -2.37. The highest BCUT2D eigenvalue weighted by atomic mass is 19.1. The Hall–Kier alpha value is -5.05. The molecule has 3 aromatic carbocycles. The van der Waals surface area contributed by atoms with Crippen molar-refractivity contribution in [2.24, 2.45) is 5.41 Å². The fourth-order valence-corrected chi connectivity index (χ4v) is 5.96. The number of anilines is 2. The molecule has 4 aromatic rings. The highest BCUT2D eigenvalue weighted by Crippen LogP contribution is 2.51. The number of aromatic hydroxyl groups is 1. The average Bonchev–Trinajstić information content (AvgIpc) is 3.10. The second-order valence-electron chi connectivity index (χ2n) is 12.0. The van der Waals surface area contributed by atoms with Gasteiger partial charge < -0.3 is 15.2 Å². The number of nitrogens with zero attached hydrogens (tertiary/aromatic N) is 2. The van der Waals surface area contributed by atoms with E-state index >= 15 is 4.39 Å². The van der Waals surface area contributed by atoms with Gasteiger partial charge >= 0.3 is 0 Å². The molecule has 9 heteroatoms. The van der Waals surface area contributed by atoms with Crippen molar-refractivity contribution in [3.8, 4) is 11.5 Å². The van der Waals surface area contributed by atoms with E-state index < -0.39 is 29.0 Å². The Labute approximate surface area is 253 Å². The van der Waals surface area contributed by atoms with Gasteiger partial charge in [0.1, 0.15) is 41.1 Å². The van der Waals surface area contributed by atoms with E-state index in [9.17, 15) is 19.1 Å². The van der Waals surface area contributed by atoms with Crippen LogP contribution in [0.25, 0.3) is 0 Å². The van der Waals surface area contributed by atoms with Crippen LogP contribution < -0.4 is 15.0 Å². The summed E-state index contributed by atoms with van der Waals surface area (Å²) in [7, 11) is 0. The number of aromatic nitrogens is 1. The molecule has 6 rings (SSSR count). The van der Waals surface area contributed by atoms with Gasteiger partial charge in [-0.3, -0.25) is 14.5 Å². The average molecular weight is 596 g/mol. The number of allylic oxidation sites excluding steroid dienone is 1. The summed E-state index contributed by atoms with van der Waals surface area (Å²) < 4.78 is 35.7. The summed E-state index contributed by atoms with van der Waals surface area (Å²) in [5.74, 6) is -1.83. The van der Waals surface area contributed by atoms with Gasteiger partial charge in [-0.15, -0.1) is 0 Å². The Bertz CT molecular complexity index is 1830. The van der Waals surface area contributed by atoms with Gasteiger partial charge in [0.15, 0.2) is 5.78 Å². The molecular formula is C35H31F2N3O4. The summed E-state index contributed by atoms with van der Waals surface area (Å²) in [6.45, 7) is 5.70. The lowest BCUT2D eigenvalue weighted by atomic mass is 9.73. The van der Waals surface area contributed by atoms with Gasteiger partial charge in [-0.05, 0) is 72.9 Å². The summed E-state index contributed by atoms with van der Waals surface area (Å²) in [5.41, 5.74) is 2.22. The molecule has 0 saturated heterocycles. The van der Waals surface area contributed by atoms with Gasteiger partial charge in [-0.2, -0.15) is 0 Å². The number of nitrogens with one attached hydrogen (secondary N) is 1. The molecule has 1 atom stereocenters. The minimum absolute atomic E-state index is 0.0169. The number of amides is 1. The summed E-state index contributed by atoms with van der Waals surface area (Å²) in [6.07, 6.45) is 0.618. The number of carbonyl (C=O) groups is 2. The third-order valence-corrected chi connectivity index (χ3v) is 7.89. The number of pyridine rings is 1. The molecule has 1 aliphatic heterocycles. The lowest BCUT2D eigenvalue weighted by Crippen LogP contribution is -2.40. The van der Waals surface area contributed by atoms with Crippen LogP contribution in [0.5, 0.6) is 11.5 Å². The van der Waals surface area contributed by atoms with Gasteiger partial charge in [-0.25, -0.2) is 13.8 Å². The topological polar surface area (TPSA) is 91.8 Å². The molecule has 0 bridgehead atoms. The normalized spacial score (nSPS) is 17.3. The van der Waals surface area contributed by atoms with E-state index in [1.165, 1.54) is 35.2 Å². The van der Waals surface area contributed by atoms with Crippen molar-refractivity contribution in [2.45, 2.75) is 46.3 Å². The Balaban J connectivity index is 1.52. The molecule has 1 aromatic heterocycles. The number of Topliss-reactive ketones (excluding diaryl/α,β-unsaturated/α-hetero) is 1. The van der Waals surface area contributed by atoms with E-state index in [1.807, 2.05) is 13.8 Å². The number of phenolic OH excluding ortho intramolecular Hbond substituents is 1. The number of hydrogen-bond donors (Lipinski definition) is 2. The zero-order valence-corrected chi connectivity index (χ0v) is 24.5. The number of ether oxygens (including phenoxy) is 1. The second kappa shape index (κ2) is 11.2. The summed E-state index contributed by atoms with van der Waals surface area (Å²) >= 11 is 0. The Kier molecular flexibility index (Phi) is 7.41. The van der Waals surface area contributed by atoms with E-state index in [-0.39, 0.29) is 58.5 Å².